The van der Waals surface area contributed by atoms with Gasteiger partial charge in [0.2, 0.25) is 0 Å². The molecule has 0 spiro atoms. The average molecular weight is 369 g/mol. The van der Waals surface area contributed by atoms with E-state index in [0.29, 0.717) is 17.3 Å². The van der Waals surface area contributed by atoms with Gasteiger partial charge in [-0.3, -0.25) is 4.72 Å². The maximum Gasteiger partial charge on any atom is 0.262 e. The highest BCUT2D eigenvalue weighted by atomic mass is 32.2. The topological polar surface area (TPSA) is 80.3 Å². The summed E-state index contributed by atoms with van der Waals surface area (Å²) in [5.41, 5.74) is 2.32. The maximum atomic E-state index is 12.6. The van der Waals surface area contributed by atoms with Gasteiger partial charge in [0.15, 0.2) is 5.82 Å². The predicted molar refractivity (Wildman–Crippen MR) is 103 cm³/mol. The van der Waals surface area contributed by atoms with E-state index in [1.807, 2.05) is 31.2 Å². The van der Waals surface area contributed by atoms with Crippen LogP contribution in [0.3, 0.4) is 0 Å². The fourth-order valence-corrected chi connectivity index (χ4v) is 3.39. The van der Waals surface area contributed by atoms with E-state index in [1.54, 1.807) is 30.5 Å². The Hall–Kier alpha value is -3.06. The van der Waals surface area contributed by atoms with Crippen molar-refractivity contribution in [2.45, 2.75) is 11.8 Å². The predicted octanol–water partition coefficient (Wildman–Crippen LogP) is 3.94. The lowest BCUT2D eigenvalue weighted by Gasteiger charge is -2.13. The molecule has 2 aromatic carbocycles. The van der Waals surface area contributed by atoms with Crippen LogP contribution in [-0.2, 0) is 10.0 Å². The van der Waals surface area contributed by atoms with Crippen molar-refractivity contribution in [2.24, 2.45) is 0 Å². The van der Waals surface area contributed by atoms with Gasteiger partial charge in [-0.2, -0.15) is 0 Å². The first-order valence-electron chi connectivity index (χ1n) is 7.93. The molecule has 6 nitrogen and oxygen atoms in total. The van der Waals surface area contributed by atoms with Crippen LogP contribution in [0.5, 0.6) is 5.75 Å². The Morgan fingerprint density at radius 2 is 1.65 bits per heavy atom. The van der Waals surface area contributed by atoms with Crippen molar-refractivity contribution in [3.05, 3.63) is 72.4 Å². The lowest BCUT2D eigenvalue weighted by molar-refractivity contribution is 0.414. The highest BCUT2D eigenvalue weighted by Crippen LogP contribution is 2.26. The third kappa shape index (κ3) is 4.12. The summed E-state index contributed by atoms with van der Waals surface area (Å²) in [5.74, 6) is 1.01. The largest absolute Gasteiger partial charge is 0.497 e. The summed E-state index contributed by atoms with van der Waals surface area (Å²) in [6.07, 6.45) is 1.60. The van der Waals surface area contributed by atoms with Crippen LogP contribution in [0, 0.1) is 6.92 Å². The normalized spacial score (nSPS) is 11.0. The number of sulfonamides is 1. The molecule has 2 N–H and O–H groups in total. The smallest absolute Gasteiger partial charge is 0.262 e. The fraction of sp³-hybridized carbons (Fsp3) is 0.105. The number of methoxy groups -OCH3 is 1. The molecule has 0 aliphatic carbocycles. The second-order valence-corrected chi connectivity index (χ2v) is 7.35. The number of pyridine rings is 1. The van der Waals surface area contributed by atoms with E-state index in [1.165, 1.54) is 19.2 Å². The van der Waals surface area contributed by atoms with Crippen molar-refractivity contribution >= 4 is 27.2 Å². The highest BCUT2D eigenvalue weighted by Gasteiger charge is 2.16. The van der Waals surface area contributed by atoms with Crippen LogP contribution in [0.1, 0.15) is 5.56 Å². The van der Waals surface area contributed by atoms with E-state index in [9.17, 15) is 8.42 Å². The number of aryl methyl sites for hydroxylation is 1. The number of nitrogens with zero attached hydrogens (tertiary/aromatic N) is 1. The second kappa shape index (κ2) is 7.45. The molecule has 3 aromatic rings. The van der Waals surface area contributed by atoms with Crippen molar-refractivity contribution in [3.63, 3.8) is 0 Å². The third-order valence-corrected chi connectivity index (χ3v) is 5.12. The molecule has 0 atom stereocenters. The SMILES string of the molecule is COc1ccc(S(=O)(=O)Nc2cccnc2Nc2ccc(C)cc2)cc1. The zero-order valence-electron chi connectivity index (χ0n) is 14.4. The third-order valence-electron chi connectivity index (χ3n) is 3.74. The quantitative estimate of drug-likeness (QED) is 0.688. The molecular weight excluding hydrogens is 350 g/mol. The Morgan fingerprint density at radius 3 is 2.31 bits per heavy atom. The zero-order chi connectivity index (χ0) is 18.6. The minimum Gasteiger partial charge on any atom is -0.497 e. The van der Waals surface area contributed by atoms with Crippen molar-refractivity contribution in [1.29, 1.82) is 0 Å². The Balaban J connectivity index is 1.86. The van der Waals surface area contributed by atoms with Crippen LogP contribution >= 0.6 is 0 Å². The number of anilines is 3. The number of rotatable bonds is 6. The summed E-state index contributed by atoms with van der Waals surface area (Å²) in [4.78, 5) is 4.39. The summed E-state index contributed by atoms with van der Waals surface area (Å²) >= 11 is 0. The molecule has 7 heteroatoms. The van der Waals surface area contributed by atoms with Gasteiger partial charge in [-0.15, -0.1) is 0 Å². The Kier molecular flexibility index (Phi) is 5.09. The summed E-state index contributed by atoms with van der Waals surface area (Å²) in [5, 5.41) is 3.13. The maximum absolute atomic E-state index is 12.6. The average Bonchev–Trinajstić information content (AvgIpc) is 2.65. The number of nitrogens with one attached hydrogen (secondary N) is 2. The lowest BCUT2D eigenvalue weighted by atomic mass is 10.2. The van der Waals surface area contributed by atoms with Gasteiger partial charge < -0.3 is 10.1 Å². The summed E-state index contributed by atoms with van der Waals surface area (Å²) in [6.45, 7) is 2.00. The van der Waals surface area contributed by atoms with Gasteiger partial charge >= 0.3 is 0 Å². The molecule has 3 rings (SSSR count). The highest BCUT2D eigenvalue weighted by molar-refractivity contribution is 7.92. The molecule has 0 aliphatic rings. The van der Waals surface area contributed by atoms with Crippen molar-refractivity contribution in [1.82, 2.24) is 4.98 Å². The van der Waals surface area contributed by atoms with Gasteiger partial charge in [0.25, 0.3) is 10.0 Å². The summed E-state index contributed by atoms with van der Waals surface area (Å²) in [7, 11) is -2.22. The van der Waals surface area contributed by atoms with Crippen LogP contribution in [0.4, 0.5) is 17.2 Å². The Morgan fingerprint density at radius 1 is 0.962 bits per heavy atom. The molecule has 0 fully saturated rings. The molecule has 0 aliphatic heterocycles. The van der Waals surface area contributed by atoms with Crippen molar-refractivity contribution in [3.8, 4) is 5.75 Å². The molecule has 1 aromatic heterocycles. The van der Waals surface area contributed by atoms with Gasteiger partial charge in [-0.05, 0) is 55.5 Å². The molecule has 26 heavy (non-hydrogen) atoms. The minimum absolute atomic E-state index is 0.142. The Bertz CT molecular complexity index is 985. The summed E-state index contributed by atoms with van der Waals surface area (Å²) < 4.78 is 32.9. The fourth-order valence-electron chi connectivity index (χ4n) is 2.32. The number of hydrogen-bond donors (Lipinski definition) is 2. The van der Waals surface area contributed by atoms with Crippen LogP contribution < -0.4 is 14.8 Å². The van der Waals surface area contributed by atoms with Crippen LogP contribution in [0.2, 0.25) is 0 Å². The molecule has 0 saturated heterocycles. The molecule has 134 valence electrons. The first kappa shape index (κ1) is 17.8. The van der Waals surface area contributed by atoms with E-state index in [4.69, 9.17) is 4.74 Å². The summed E-state index contributed by atoms with van der Waals surface area (Å²) in [6, 6.07) is 17.3. The number of aromatic nitrogens is 1. The molecule has 0 unspecified atom stereocenters. The van der Waals surface area contributed by atoms with Gasteiger partial charge in [0, 0.05) is 11.9 Å². The Labute approximate surface area is 152 Å². The molecule has 0 radical (unpaired) electrons. The lowest BCUT2D eigenvalue weighted by Crippen LogP contribution is -2.14. The second-order valence-electron chi connectivity index (χ2n) is 5.67. The van der Waals surface area contributed by atoms with Gasteiger partial charge in [0.1, 0.15) is 5.75 Å². The standard InChI is InChI=1S/C19H19N3O3S/c1-14-5-7-15(8-6-14)21-19-18(4-3-13-20-19)22-26(23,24)17-11-9-16(25-2)10-12-17/h3-13,22H,1-2H3,(H,20,21). The zero-order valence-corrected chi connectivity index (χ0v) is 15.2. The van der Waals surface area contributed by atoms with Crippen LogP contribution in [0.25, 0.3) is 0 Å². The first-order valence-corrected chi connectivity index (χ1v) is 9.42. The monoisotopic (exact) mass is 369 g/mol. The van der Waals surface area contributed by atoms with E-state index < -0.39 is 10.0 Å². The van der Waals surface area contributed by atoms with E-state index in [-0.39, 0.29) is 4.90 Å². The first-order chi connectivity index (χ1) is 12.5. The molecule has 1 heterocycles. The minimum atomic E-state index is -3.75. The van der Waals surface area contributed by atoms with E-state index >= 15 is 0 Å². The van der Waals surface area contributed by atoms with E-state index in [0.717, 1.165) is 11.3 Å². The number of benzene rings is 2. The van der Waals surface area contributed by atoms with Crippen LogP contribution in [-0.4, -0.2) is 20.5 Å². The molecule has 0 saturated carbocycles. The van der Waals surface area contributed by atoms with E-state index in [2.05, 4.69) is 15.0 Å². The molecule has 0 bridgehead atoms. The van der Waals surface area contributed by atoms with Crippen LogP contribution in [0.15, 0.2) is 71.8 Å². The number of ether oxygens (including phenoxy) is 1. The van der Waals surface area contributed by atoms with Gasteiger partial charge in [0.05, 0.1) is 17.7 Å². The molecular formula is C19H19N3O3S. The van der Waals surface area contributed by atoms with Crippen molar-refractivity contribution in [2.75, 3.05) is 17.1 Å². The van der Waals surface area contributed by atoms with Crippen molar-refractivity contribution < 1.29 is 13.2 Å². The van der Waals surface area contributed by atoms with Gasteiger partial charge in [-0.1, -0.05) is 17.7 Å². The number of hydrogen-bond acceptors (Lipinski definition) is 5. The van der Waals surface area contributed by atoms with Gasteiger partial charge in [-0.25, -0.2) is 13.4 Å². The molecule has 0 amide bonds.